The summed E-state index contributed by atoms with van der Waals surface area (Å²) in [5.74, 6) is -0.268. The summed E-state index contributed by atoms with van der Waals surface area (Å²) in [7, 11) is 0. The predicted octanol–water partition coefficient (Wildman–Crippen LogP) is 2.23. The van der Waals surface area contributed by atoms with Crippen LogP contribution in [-0.2, 0) is 10.3 Å². The molecular weight excluding hydrogens is 290 g/mol. The molecule has 0 spiro atoms. The van der Waals surface area contributed by atoms with Crippen molar-refractivity contribution in [3.8, 4) is 0 Å². The molecule has 1 aromatic rings. The van der Waals surface area contributed by atoms with Crippen LogP contribution in [0.4, 0.5) is 4.79 Å². The van der Waals surface area contributed by atoms with Crippen LogP contribution in [0.5, 0.6) is 0 Å². The third-order valence-corrected chi connectivity index (χ3v) is 3.86. The first kappa shape index (κ1) is 15.8. The molecule has 1 atom stereocenters. The zero-order chi connectivity index (χ0) is 15.8. The van der Waals surface area contributed by atoms with E-state index in [9.17, 15) is 9.59 Å². The van der Waals surface area contributed by atoms with Crippen molar-refractivity contribution in [1.82, 2.24) is 10.2 Å². The molecule has 3 amide bonds. The summed E-state index contributed by atoms with van der Waals surface area (Å²) in [6, 6.07) is 6.55. The third-order valence-electron chi connectivity index (χ3n) is 3.61. The van der Waals surface area contributed by atoms with Crippen molar-refractivity contribution < 1.29 is 9.59 Å². The van der Waals surface area contributed by atoms with Gasteiger partial charge in [0.05, 0.1) is 0 Å². The molecule has 3 N–H and O–H groups in total. The average Bonchev–Trinajstić information content (AvgIpc) is 2.63. The van der Waals surface area contributed by atoms with Gasteiger partial charge in [0.2, 0.25) is 0 Å². The normalized spacial score (nSPS) is 22.6. The lowest BCUT2D eigenvalue weighted by Gasteiger charge is -2.28. The van der Waals surface area contributed by atoms with E-state index in [0.717, 1.165) is 5.56 Å². The summed E-state index contributed by atoms with van der Waals surface area (Å²) in [4.78, 5) is 26.2. The van der Waals surface area contributed by atoms with E-state index in [4.69, 9.17) is 17.3 Å². The highest BCUT2D eigenvalue weighted by atomic mass is 35.5. The SMILES string of the molecule is CCC1(c2ccc(Cl)cc2)NC(=O)N(CC(C)(C)N)C1=O. The molecule has 0 aromatic heterocycles. The Labute approximate surface area is 129 Å². The van der Waals surface area contributed by atoms with Crippen LogP contribution in [0.3, 0.4) is 0 Å². The molecule has 2 rings (SSSR count). The van der Waals surface area contributed by atoms with Crippen molar-refractivity contribution in [2.75, 3.05) is 6.54 Å². The predicted molar refractivity (Wildman–Crippen MR) is 81.9 cm³/mol. The molecule has 1 unspecified atom stereocenters. The molecule has 0 aliphatic carbocycles. The Morgan fingerprint density at radius 2 is 1.86 bits per heavy atom. The first-order valence-electron chi connectivity index (χ1n) is 6.88. The fourth-order valence-electron chi connectivity index (χ4n) is 2.55. The summed E-state index contributed by atoms with van der Waals surface area (Å²) < 4.78 is 0. The molecule has 0 radical (unpaired) electrons. The van der Waals surface area contributed by atoms with E-state index in [2.05, 4.69) is 5.32 Å². The maximum atomic E-state index is 12.8. The number of nitrogens with one attached hydrogen (secondary N) is 1. The van der Waals surface area contributed by atoms with E-state index in [1.165, 1.54) is 4.90 Å². The van der Waals surface area contributed by atoms with Gasteiger partial charge in [-0.2, -0.15) is 0 Å². The Morgan fingerprint density at radius 3 is 2.33 bits per heavy atom. The van der Waals surface area contributed by atoms with Crippen LogP contribution >= 0.6 is 11.6 Å². The van der Waals surface area contributed by atoms with E-state index in [1.54, 1.807) is 38.1 Å². The van der Waals surface area contributed by atoms with Crippen molar-refractivity contribution in [3.63, 3.8) is 0 Å². The minimum atomic E-state index is -1.03. The van der Waals surface area contributed by atoms with Crippen molar-refractivity contribution in [3.05, 3.63) is 34.9 Å². The summed E-state index contributed by atoms with van der Waals surface area (Å²) >= 11 is 5.89. The maximum Gasteiger partial charge on any atom is 0.325 e. The van der Waals surface area contributed by atoms with Gasteiger partial charge in [-0.25, -0.2) is 4.79 Å². The van der Waals surface area contributed by atoms with Crippen molar-refractivity contribution in [2.45, 2.75) is 38.3 Å². The number of hydrogen-bond donors (Lipinski definition) is 2. The lowest BCUT2D eigenvalue weighted by atomic mass is 9.87. The Morgan fingerprint density at radius 1 is 1.29 bits per heavy atom. The molecule has 6 heteroatoms. The number of benzene rings is 1. The molecule has 1 aliphatic heterocycles. The van der Waals surface area contributed by atoms with Crippen LogP contribution in [0.15, 0.2) is 24.3 Å². The summed E-state index contributed by atoms with van der Waals surface area (Å²) in [6.45, 7) is 5.60. The number of halogens is 1. The van der Waals surface area contributed by atoms with E-state index in [0.29, 0.717) is 11.4 Å². The molecule has 0 saturated carbocycles. The molecule has 1 aliphatic rings. The number of hydrogen-bond acceptors (Lipinski definition) is 3. The third kappa shape index (κ3) is 2.89. The van der Waals surface area contributed by atoms with Crippen LogP contribution in [0.1, 0.15) is 32.8 Å². The highest BCUT2D eigenvalue weighted by Gasteiger charge is 2.51. The van der Waals surface area contributed by atoms with Gasteiger partial charge in [-0.05, 0) is 38.0 Å². The zero-order valence-corrected chi connectivity index (χ0v) is 13.2. The van der Waals surface area contributed by atoms with Crippen LogP contribution in [0.2, 0.25) is 5.02 Å². The van der Waals surface area contributed by atoms with Crippen LogP contribution in [-0.4, -0.2) is 28.9 Å². The van der Waals surface area contributed by atoms with Gasteiger partial charge in [-0.15, -0.1) is 0 Å². The Kier molecular flexibility index (Phi) is 4.00. The molecule has 1 aromatic carbocycles. The standard InChI is InChI=1S/C15H20ClN3O2/c1-4-15(10-5-7-11(16)8-6-10)12(20)19(13(21)18-15)9-14(2,3)17/h5-8H,4,9,17H2,1-3H3,(H,18,21). The van der Waals surface area contributed by atoms with Gasteiger partial charge in [0.25, 0.3) is 5.91 Å². The minimum absolute atomic E-state index is 0.174. The van der Waals surface area contributed by atoms with Crippen LogP contribution in [0, 0.1) is 0 Å². The Balaban J connectivity index is 2.39. The number of carbonyl (C=O) groups is 2. The largest absolute Gasteiger partial charge is 0.325 e. The number of rotatable bonds is 4. The van der Waals surface area contributed by atoms with E-state index in [1.807, 2.05) is 6.92 Å². The first-order valence-corrected chi connectivity index (χ1v) is 7.26. The second kappa shape index (κ2) is 5.31. The molecule has 0 bridgehead atoms. The highest BCUT2D eigenvalue weighted by molar-refractivity contribution is 6.30. The Hall–Kier alpha value is -1.59. The Bertz CT molecular complexity index is 565. The number of amides is 3. The van der Waals surface area contributed by atoms with Gasteiger partial charge in [-0.3, -0.25) is 9.69 Å². The lowest BCUT2D eigenvalue weighted by Crippen LogP contribution is -2.49. The van der Waals surface area contributed by atoms with Gasteiger partial charge in [0.15, 0.2) is 0 Å². The van der Waals surface area contributed by atoms with E-state index in [-0.39, 0.29) is 12.5 Å². The van der Waals surface area contributed by atoms with Crippen molar-refractivity contribution in [2.24, 2.45) is 5.73 Å². The van der Waals surface area contributed by atoms with Crippen molar-refractivity contribution >= 4 is 23.5 Å². The lowest BCUT2D eigenvalue weighted by molar-refractivity contribution is -0.132. The highest BCUT2D eigenvalue weighted by Crippen LogP contribution is 2.33. The number of imide groups is 1. The van der Waals surface area contributed by atoms with Gasteiger partial charge in [-0.1, -0.05) is 30.7 Å². The topological polar surface area (TPSA) is 75.4 Å². The maximum absolute atomic E-state index is 12.8. The van der Waals surface area contributed by atoms with Gasteiger partial charge >= 0.3 is 6.03 Å². The molecule has 21 heavy (non-hydrogen) atoms. The summed E-state index contributed by atoms with van der Waals surface area (Å²) in [5.41, 5.74) is 4.99. The van der Waals surface area contributed by atoms with E-state index < -0.39 is 17.1 Å². The number of carbonyl (C=O) groups excluding carboxylic acids is 2. The fourth-order valence-corrected chi connectivity index (χ4v) is 2.68. The number of nitrogens with zero attached hydrogens (tertiary/aromatic N) is 1. The van der Waals surface area contributed by atoms with E-state index >= 15 is 0 Å². The monoisotopic (exact) mass is 309 g/mol. The molecular formula is C15H20ClN3O2. The smallest absolute Gasteiger partial charge is 0.324 e. The van der Waals surface area contributed by atoms with Crippen LogP contribution in [0.25, 0.3) is 0 Å². The van der Waals surface area contributed by atoms with Crippen molar-refractivity contribution in [1.29, 1.82) is 0 Å². The molecule has 1 heterocycles. The second-order valence-electron chi connectivity index (χ2n) is 6.08. The quantitative estimate of drug-likeness (QED) is 0.838. The number of urea groups is 1. The zero-order valence-electron chi connectivity index (χ0n) is 12.4. The van der Waals surface area contributed by atoms with Gasteiger partial charge in [0, 0.05) is 17.1 Å². The van der Waals surface area contributed by atoms with Gasteiger partial charge in [0.1, 0.15) is 5.54 Å². The average molecular weight is 310 g/mol. The minimum Gasteiger partial charge on any atom is -0.324 e. The molecule has 114 valence electrons. The molecule has 1 saturated heterocycles. The molecule has 1 fully saturated rings. The fraction of sp³-hybridized carbons (Fsp3) is 0.467. The molecule has 5 nitrogen and oxygen atoms in total. The van der Waals surface area contributed by atoms with Gasteiger partial charge < -0.3 is 11.1 Å². The van der Waals surface area contributed by atoms with Crippen LogP contribution < -0.4 is 11.1 Å². The second-order valence-corrected chi connectivity index (χ2v) is 6.51. The first-order chi connectivity index (χ1) is 9.69. The summed E-state index contributed by atoms with van der Waals surface area (Å²) in [6.07, 6.45) is 0.459. The number of nitrogens with two attached hydrogens (primary N) is 1. The summed E-state index contributed by atoms with van der Waals surface area (Å²) in [5, 5.41) is 3.40.